The van der Waals surface area contributed by atoms with E-state index in [1.54, 1.807) is 24.3 Å². The average Bonchev–Trinajstić information content (AvgIpc) is 1.85. The SMILES string of the molecule is C[35S](=O)(=O)Nc1ccccc1. The van der Waals surface area contributed by atoms with Crippen molar-refractivity contribution in [2.45, 2.75) is 0 Å². The lowest BCUT2D eigenvalue weighted by atomic mass is 10.3. The van der Waals surface area contributed by atoms with Gasteiger partial charge in [0.2, 0.25) is 10.0 Å². The summed E-state index contributed by atoms with van der Waals surface area (Å²) in [6.45, 7) is 0. The first-order chi connectivity index (χ1) is 5.08. The van der Waals surface area contributed by atoms with Crippen LogP contribution in [0.5, 0.6) is 0 Å². The lowest BCUT2D eigenvalue weighted by Crippen LogP contribution is -2.08. The van der Waals surface area contributed by atoms with Crippen molar-refractivity contribution in [3.8, 4) is 0 Å². The third-order valence-corrected chi connectivity index (χ3v) is 1.68. The Bertz CT molecular complexity index is 318. The van der Waals surface area contributed by atoms with E-state index in [0.29, 0.717) is 5.69 Å². The first kappa shape index (κ1) is 8.07. The van der Waals surface area contributed by atoms with Crippen molar-refractivity contribution in [2.75, 3.05) is 11.0 Å². The lowest BCUT2D eigenvalue weighted by molar-refractivity contribution is 0.607. The largest absolute Gasteiger partial charge is 0.284 e. The highest BCUT2D eigenvalue weighted by atomic mass is 35.1. The Hall–Kier alpha value is -1.03. The molecular weight excluding hydrogens is 165 g/mol. The predicted octanol–water partition coefficient (Wildman–Crippen LogP) is 1.06. The van der Waals surface area contributed by atoms with Crippen LogP contribution in [0.4, 0.5) is 5.69 Å². The zero-order valence-electron chi connectivity index (χ0n) is 6.11. The van der Waals surface area contributed by atoms with Crippen molar-refractivity contribution in [3.05, 3.63) is 30.3 Å². The van der Waals surface area contributed by atoms with Crippen LogP contribution in [0.1, 0.15) is 0 Å². The summed E-state index contributed by atoms with van der Waals surface area (Å²) in [5.74, 6) is 0. The number of hydrogen-bond donors (Lipinski definition) is 1. The number of anilines is 1. The van der Waals surface area contributed by atoms with Gasteiger partial charge in [-0.1, -0.05) is 18.2 Å². The molecule has 0 aliphatic rings. The van der Waals surface area contributed by atoms with Crippen molar-refractivity contribution in [2.24, 2.45) is 0 Å². The molecule has 3 nitrogen and oxygen atoms in total. The summed E-state index contributed by atoms with van der Waals surface area (Å²) < 4.78 is 23.7. The van der Waals surface area contributed by atoms with Crippen LogP contribution in [-0.2, 0) is 10.0 Å². The zero-order chi connectivity index (χ0) is 8.32. The first-order valence-electron chi connectivity index (χ1n) is 3.11. The molecule has 0 aromatic heterocycles. The average molecular weight is 174 g/mol. The molecule has 0 radical (unpaired) electrons. The minimum Gasteiger partial charge on any atom is -0.284 e. The Balaban J connectivity index is 2.82. The fraction of sp³-hybridized carbons (Fsp3) is 0.143. The standard InChI is InChI=1S/C7H9NO2S/c1-11(9,10)8-7-5-3-2-4-6-7/h2-6,8H,1H3/i11+3. The van der Waals surface area contributed by atoms with E-state index in [9.17, 15) is 8.42 Å². The summed E-state index contributed by atoms with van der Waals surface area (Å²) in [5, 5.41) is 0. The molecule has 0 aliphatic heterocycles. The Morgan fingerprint density at radius 3 is 2.18 bits per heavy atom. The van der Waals surface area contributed by atoms with Crippen LogP contribution < -0.4 is 4.72 Å². The van der Waals surface area contributed by atoms with Gasteiger partial charge in [-0.15, -0.1) is 0 Å². The molecule has 0 heterocycles. The monoisotopic (exact) mass is 174 g/mol. The summed E-state index contributed by atoms with van der Waals surface area (Å²) in [4.78, 5) is 0. The normalized spacial score (nSPS) is 11.0. The third-order valence-electron chi connectivity index (χ3n) is 1.08. The lowest BCUT2D eigenvalue weighted by Gasteiger charge is -2.00. The summed E-state index contributed by atoms with van der Waals surface area (Å²) in [7, 11) is -3.13. The van der Waals surface area contributed by atoms with Gasteiger partial charge in [-0.25, -0.2) is 8.42 Å². The number of rotatable bonds is 2. The van der Waals surface area contributed by atoms with Crippen LogP contribution in [-0.4, -0.2) is 14.7 Å². The maximum atomic E-state index is 10.7. The van der Waals surface area contributed by atoms with Crippen LogP contribution in [0.3, 0.4) is 0 Å². The summed E-state index contributed by atoms with van der Waals surface area (Å²) in [6, 6.07) is 8.76. The highest BCUT2D eigenvalue weighted by Gasteiger charge is 1.98. The van der Waals surface area contributed by atoms with Gasteiger partial charge in [-0.2, -0.15) is 0 Å². The van der Waals surface area contributed by atoms with Crippen LogP contribution in [0, 0.1) is 0 Å². The maximum Gasteiger partial charge on any atom is 0.229 e. The van der Waals surface area contributed by atoms with E-state index in [1.807, 2.05) is 6.07 Å². The Kier molecular flexibility index (Phi) is 2.14. The van der Waals surface area contributed by atoms with Gasteiger partial charge in [0.15, 0.2) is 0 Å². The van der Waals surface area contributed by atoms with Gasteiger partial charge in [0.1, 0.15) is 0 Å². The van der Waals surface area contributed by atoms with Gasteiger partial charge in [0.25, 0.3) is 0 Å². The van der Waals surface area contributed by atoms with Crippen molar-refractivity contribution >= 4 is 15.7 Å². The maximum absolute atomic E-state index is 10.7. The molecule has 11 heavy (non-hydrogen) atoms. The molecule has 0 unspecified atom stereocenters. The van der Waals surface area contributed by atoms with Gasteiger partial charge in [-0.05, 0) is 12.1 Å². The smallest absolute Gasteiger partial charge is 0.229 e. The van der Waals surface area contributed by atoms with E-state index in [1.165, 1.54) is 0 Å². The molecule has 1 aromatic carbocycles. The van der Waals surface area contributed by atoms with Crippen LogP contribution in [0.25, 0.3) is 0 Å². The number of para-hydroxylation sites is 1. The number of hydrogen-bond acceptors (Lipinski definition) is 2. The second-order valence-electron chi connectivity index (χ2n) is 2.24. The molecule has 0 bridgehead atoms. The molecule has 0 atom stereocenters. The molecule has 0 aliphatic carbocycles. The van der Waals surface area contributed by atoms with Crippen LogP contribution >= 0.6 is 0 Å². The van der Waals surface area contributed by atoms with E-state index in [2.05, 4.69) is 4.72 Å². The van der Waals surface area contributed by atoms with Crippen molar-refractivity contribution in [3.63, 3.8) is 0 Å². The number of sulfonamides is 1. The molecule has 0 saturated carbocycles. The summed E-state index contributed by atoms with van der Waals surface area (Å²) in [5.41, 5.74) is 0.593. The third kappa shape index (κ3) is 3.04. The topological polar surface area (TPSA) is 46.2 Å². The molecule has 1 N–H and O–H groups in total. The fourth-order valence-corrected chi connectivity index (χ4v) is 1.28. The fourth-order valence-electron chi connectivity index (χ4n) is 0.720. The Labute approximate surface area is 66.1 Å². The van der Waals surface area contributed by atoms with E-state index in [0.717, 1.165) is 6.26 Å². The van der Waals surface area contributed by atoms with E-state index in [-0.39, 0.29) is 0 Å². The molecule has 60 valence electrons. The molecular formula is C7H9NO2S. The molecule has 4 heteroatoms. The minimum absolute atomic E-state index is 0.593. The zero-order valence-corrected chi connectivity index (χ0v) is 6.93. The van der Waals surface area contributed by atoms with Gasteiger partial charge in [0.05, 0.1) is 6.26 Å². The second-order valence-corrected chi connectivity index (χ2v) is 3.99. The summed E-state index contributed by atoms with van der Waals surface area (Å²) >= 11 is 0. The van der Waals surface area contributed by atoms with Gasteiger partial charge >= 0.3 is 0 Å². The second kappa shape index (κ2) is 2.92. The molecule has 1 aromatic rings. The van der Waals surface area contributed by atoms with Gasteiger partial charge in [-0.3, -0.25) is 4.72 Å². The highest BCUT2D eigenvalue weighted by molar-refractivity contribution is 7.92. The van der Waals surface area contributed by atoms with E-state index >= 15 is 0 Å². The number of benzene rings is 1. The Morgan fingerprint density at radius 2 is 1.73 bits per heavy atom. The van der Waals surface area contributed by atoms with Crippen molar-refractivity contribution in [1.29, 1.82) is 0 Å². The summed E-state index contributed by atoms with van der Waals surface area (Å²) in [6.07, 6.45) is 1.12. The van der Waals surface area contributed by atoms with Crippen LogP contribution in [0.15, 0.2) is 30.3 Å². The van der Waals surface area contributed by atoms with E-state index < -0.39 is 10.0 Å². The van der Waals surface area contributed by atoms with E-state index in [4.69, 9.17) is 0 Å². The highest BCUT2D eigenvalue weighted by Crippen LogP contribution is 2.05. The number of nitrogens with one attached hydrogen (secondary N) is 1. The van der Waals surface area contributed by atoms with Gasteiger partial charge < -0.3 is 0 Å². The molecule has 0 saturated heterocycles. The van der Waals surface area contributed by atoms with Gasteiger partial charge in [0, 0.05) is 5.69 Å². The molecule has 0 amide bonds. The molecule has 0 fully saturated rings. The van der Waals surface area contributed by atoms with Crippen molar-refractivity contribution < 1.29 is 8.42 Å². The van der Waals surface area contributed by atoms with Crippen molar-refractivity contribution in [1.82, 2.24) is 0 Å². The first-order valence-corrected chi connectivity index (χ1v) is 5.00. The molecule has 0 spiro atoms. The van der Waals surface area contributed by atoms with Crippen LogP contribution in [0.2, 0.25) is 0 Å². The quantitative estimate of drug-likeness (QED) is 0.728. The minimum atomic E-state index is -3.13. The Morgan fingerprint density at radius 1 is 1.18 bits per heavy atom. The predicted molar refractivity (Wildman–Crippen MR) is 44.9 cm³/mol. The molecule has 1 rings (SSSR count).